The summed E-state index contributed by atoms with van der Waals surface area (Å²) in [5.74, 6) is 0.766. The molecule has 1 aliphatic rings. The summed E-state index contributed by atoms with van der Waals surface area (Å²) in [5.41, 5.74) is 6.92. The van der Waals surface area contributed by atoms with E-state index in [2.05, 4.69) is 38.7 Å². The maximum atomic E-state index is 8.95. The highest BCUT2D eigenvalue weighted by Gasteiger charge is 2.21. The lowest BCUT2D eigenvalue weighted by atomic mass is 9.86. The van der Waals surface area contributed by atoms with Gasteiger partial charge in [-0.2, -0.15) is 5.10 Å². The molecule has 1 aromatic carbocycles. The van der Waals surface area contributed by atoms with Gasteiger partial charge in [0.25, 0.3) is 0 Å². The molecule has 5 rings (SSSR count). The molecule has 27 heavy (non-hydrogen) atoms. The number of aromatic amines is 1. The second-order valence-electron chi connectivity index (χ2n) is 7.00. The number of fused-ring (bicyclic) bond motifs is 5. The molecule has 0 saturated carbocycles. The van der Waals surface area contributed by atoms with Crippen molar-refractivity contribution in [2.24, 2.45) is 0 Å². The number of rotatable bonds is 4. The van der Waals surface area contributed by atoms with Gasteiger partial charge in [0.15, 0.2) is 0 Å². The van der Waals surface area contributed by atoms with Crippen molar-refractivity contribution < 1.29 is 5.11 Å². The van der Waals surface area contributed by atoms with Crippen LogP contribution in [0.1, 0.15) is 24.0 Å². The smallest absolute Gasteiger partial charge is 0.125 e. The minimum atomic E-state index is 0.0889. The standard InChI is InChI=1S/C21H21N5O/c27-10-9-22-19-8-5-13(11-23-19)21-15-4-2-1-3-14(15)20-16-12-24-26-17(16)6-7-18(20)25-21/h5-8,11-12,27H,1-4,9-10H2,(H,22,23)(H,24,26). The molecule has 3 heterocycles. The van der Waals surface area contributed by atoms with E-state index in [4.69, 9.17) is 10.1 Å². The molecule has 4 aromatic rings. The third-order valence-corrected chi connectivity index (χ3v) is 5.34. The van der Waals surface area contributed by atoms with Crippen molar-refractivity contribution >= 4 is 27.6 Å². The van der Waals surface area contributed by atoms with Gasteiger partial charge in [0, 0.05) is 29.1 Å². The summed E-state index contributed by atoms with van der Waals surface area (Å²) in [5, 5.41) is 21.7. The molecule has 3 N–H and O–H groups in total. The molecule has 1 aliphatic carbocycles. The van der Waals surface area contributed by atoms with Crippen molar-refractivity contribution in [3.63, 3.8) is 0 Å². The molecule has 0 fully saturated rings. The first-order valence-electron chi connectivity index (χ1n) is 9.44. The first-order chi connectivity index (χ1) is 13.3. The number of H-pyrrole nitrogens is 1. The number of nitrogens with one attached hydrogen (secondary N) is 2. The zero-order valence-electron chi connectivity index (χ0n) is 15.0. The maximum Gasteiger partial charge on any atom is 0.125 e. The van der Waals surface area contributed by atoms with Crippen LogP contribution in [0.25, 0.3) is 33.1 Å². The number of aryl methyl sites for hydroxylation is 1. The van der Waals surface area contributed by atoms with E-state index in [9.17, 15) is 0 Å². The highest BCUT2D eigenvalue weighted by Crippen LogP contribution is 2.37. The summed E-state index contributed by atoms with van der Waals surface area (Å²) in [6, 6.07) is 8.15. The van der Waals surface area contributed by atoms with Crippen LogP contribution in [0, 0.1) is 0 Å². The fourth-order valence-corrected chi connectivity index (χ4v) is 4.11. The van der Waals surface area contributed by atoms with Gasteiger partial charge in [-0.25, -0.2) is 9.97 Å². The SMILES string of the molecule is OCCNc1ccc(-c2nc3ccc4[nH]ncc4c3c3c2CCCC3)cn1. The fourth-order valence-electron chi connectivity index (χ4n) is 4.11. The van der Waals surface area contributed by atoms with Crippen molar-refractivity contribution in [3.05, 3.63) is 47.8 Å². The maximum absolute atomic E-state index is 8.95. The molecule has 0 amide bonds. The molecule has 3 aromatic heterocycles. The van der Waals surface area contributed by atoms with Gasteiger partial charge in [0.05, 0.1) is 29.5 Å². The molecule has 0 atom stereocenters. The Kier molecular flexibility index (Phi) is 3.98. The predicted molar refractivity (Wildman–Crippen MR) is 107 cm³/mol. The van der Waals surface area contributed by atoms with E-state index < -0.39 is 0 Å². The first kappa shape index (κ1) is 16.2. The van der Waals surface area contributed by atoms with Gasteiger partial charge in [-0.1, -0.05) is 0 Å². The van der Waals surface area contributed by atoms with Crippen molar-refractivity contribution in [1.29, 1.82) is 0 Å². The van der Waals surface area contributed by atoms with Crippen LogP contribution in [-0.4, -0.2) is 38.4 Å². The van der Waals surface area contributed by atoms with Gasteiger partial charge in [0.1, 0.15) is 5.82 Å². The number of hydrogen-bond donors (Lipinski definition) is 3. The van der Waals surface area contributed by atoms with Crippen LogP contribution in [0.5, 0.6) is 0 Å². The lowest BCUT2D eigenvalue weighted by Crippen LogP contribution is -2.09. The summed E-state index contributed by atoms with van der Waals surface area (Å²) in [6.45, 7) is 0.586. The molecule has 0 unspecified atom stereocenters. The second-order valence-corrected chi connectivity index (χ2v) is 7.00. The van der Waals surface area contributed by atoms with Gasteiger partial charge < -0.3 is 10.4 Å². The van der Waals surface area contributed by atoms with E-state index in [-0.39, 0.29) is 6.61 Å². The number of nitrogens with zero attached hydrogens (tertiary/aromatic N) is 3. The molecular weight excluding hydrogens is 338 g/mol. The van der Waals surface area contributed by atoms with E-state index in [0.29, 0.717) is 6.54 Å². The van der Waals surface area contributed by atoms with Crippen molar-refractivity contribution in [3.8, 4) is 11.3 Å². The van der Waals surface area contributed by atoms with Crippen LogP contribution in [0.4, 0.5) is 5.82 Å². The van der Waals surface area contributed by atoms with Crippen molar-refractivity contribution in [1.82, 2.24) is 20.2 Å². The topological polar surface area (TPSA) is 86.7 Å². The highest BCUT2D eigenvalue weighted by molar-refractivity contribution is 6.07. The van der Waals surface area contributed by atoms with E-state index in [1.165, 1.54) is 29.4 Å². The second kappa shape index (κ2) is 6.63. The Morgan fingerprint density at radius 3 is 2.74 bits per heavy atom. The Labute approximate surface area is 156 Å². The van der Waals surface area contributed by atoms with Crippen molar-refractivity contribution in [2.45, 2.75) is 25.7 Å². The quantitative estimate of drug-likeness (QED) is 0.519. The molecule has 0 radical (unpaired) electrons. The summed E-state index contributed by atoms with van der Waals surface area (Å²) in [4.78, 5) is 9.52. The molecule has 0 spiro atoms. The predicted octanol–water partition coefficient (Wildman–Crippen LogP) is 3.46. The average molecular weight is 359 g/mol. The number of aromatic nitrogens is 4. The van der Waals surface area contributed by atoms with Crippen LogP contribution in [0.2, 0.25) is 0 Å². The average Bonchev–Trinajstić information content (AvgIpc) is 3.21. The zero-order valence-corrected chi connectivity index (χ0v) is 15.0. The molecule has 136 valence electrons. The number of pyridine rings is 2. The first-order valence-corrected chi connectivity index (χ1v) is 9.44. The van der Waals surface area contributed by atoms with Gasteiger partial charge in [0.2, 0.25) is 0 Å². The lowest BCUT2D eigenvalue weighted by molar-refractivity contribution is 0.311. The highest BCUT2D eigenvalue weighted by atomic mass is 16.3. The van der Waals surface area contributed by atoms with E-state index in [0.717, 1.165) is 46.3 Å². The largest absolute Gasteiger partial charge is 0.395 e. The Balaban J connectivity index is 1.69. The zero-order chi connectivity index (χ0) is 18.2. The lowest BCUT2D eigenvalue weighted by Gasteiger charge is -2.21. The van der Waals surface area contributed by atoms with Gasteiger partial charge in [-0.15, -0.1) is 0 Å². The molecule has 6 nitrogen and oxygen atoms in total. The number of hydrogen-bond acceptors (Lipinski definition) is 5. The Morgan fingerprint density at radius 2 is 1.93 bits per heavy atom. The Bertz CT molecular complexity index is 1120. The molecule has 0 aliphatic heterocycles. The van der Waals surface area contributed by atoms with Crippen LogP contribution < -0.4 is 5.32 Å². The van der Waals surface area contributed by atoms with Crippen LogP contribution >= 0.6 is 0 Å². The van der Waals surface area contributed by atoms with E-state index >= 15 is 0 Å². The minimum absolute atomic E-state index is 0.0889. The normalized spacial score (nSPS) is 13.8. The molecule has 0 saturated heterocycles. The molecule has 6 heteroatoms. The van der Waals surface area contributed by atoms with Crippen molar-refractivity contribution in [2.75, 3.05) is 18.5 Å². The molecular formula is C21H21N5O. The fraction of sp³-hybridized carbons (Fsp3) is 0.286. The van der Waals surface area contributed by atoms with E-state index in [1.54, 1.807) is 0 Å². The number of benzene rings is 1. The van der Waals surface area contributed by atoms with Crippen LogP contribution in [-0.2, 0) is 12.8 Å². The molecule has 0 bridgehead atoms. The number of aliphatic hydroxyl groups excluding tert-OH is 1. The Hall–Kier alpha value is -2.99. The van der Waals surface area contributed by atoms with Gasteiger partial charge in [-0.05, 0) is 61.1 Å². The number of aliphatic hydroxyl groups is 1. The van der Waals surface area contributed by atoms with E-state index in [1.807, 2.05) is 18.5 Å². The van der Waals surface area contributed by atoms with Crippen LogP contribution in [0.15, 0.2) is 36.7 Å². The van der Waals surface area contributed by atoms with Crippen LogP contribution in [0.3, 0.4) is 0 Å². The van der Waals surface area contributed by atoms with Gasteiger partial charge >= 0.3 is 0 Å². The third kappa shape index (κ3) is 2.73. The summed E-state index contributed by atoms with van der Waals surface area (Å²) >= 11 is 0. The van der Waals surface area contributed by atoms with Gasteiger partial charge in [-0.3, -0.25) is 5.10 Å². The third-order valence-electron chi connectivity index (χ3n) is 5.34. The summed E-state index contributed by atoms with van der Waals surface area (Å²) in [6.07, 6.45) is 8.32. The summed E-state index contributed by atoms with van der Waals surface area (Å²) in [7, 11) is 0. The number of anilines is 1. The summed E-state index contributed by atoms with van der Waals surface area (Å²) < 4.78 is 0. The minimum Gasteiger partial charge on any atom is -0.395 e. The Morgan fingerprint density at radius 1 is 1.04 bits per heavy atom. The monoisotopic (exact) mass is 359 g/mol.